The van der Waals surface area contributed by atoms with Crippen molar-refractivity contribution in [1.82, 2.24) is 0 Å². The number of halogens is 1. The fourth-order valence-electron chi connectivity index (χ4n) is 5.51. The van der Waals surface area contributed by atoms with Crippen molar-refractivity contribution in [3.05, 3.63) is 33.8 Å². The number of methoxy groups -OCH3 is 1. The zero-order valence-electron chi connectivity index (χ0n) is 16.3. The molecule has 1 heterocycles. The van der Waals surface area contributed by atoms with Gasteiger partial charge in [-0.05, 0) is 54.4 Å². The van der Waals surface area contributed by atoms with Gasteiger partial charge in [0, 0.05) is 17.0 Å². The van der Waals surface area contributed by atoms with Crippen molar-refractivity contribution >= 4 is 22.0 Å². The molecule has 3 aliphatic rings. The van der Waals surface area contributed by atoms with E-state index >= 15 is 0 Å². The second kappa shape index (κ2) is 5.46. The summed E-state index contributed by atoms with van der Waals surface area (Å²) >= 11 is 3.54. The second-order valence-corrected chi connectivity index (χ2v) is 8.60. The number of hydrogen-bond donors (Lipinski definition) is 1. The third kappa shape index (κ3) is 2.10. The lowest BCUT2D eigenvalue weighted by atomic mass is 9.57. The quantitative estimate of drug-likeness (QED) is 0.791. The monoisotopic (exact) mass is 394 g/mol. The first-order chi connectivity index (χ1) is 12.2. The van der Waals surface area contributed by atoms with Crippen LogP contribution in [0.25, 0.3) is 0 Å². The van der Waals surface area contributed by atoms with E-state index in [-0.39, 0.29) is 17.5 Å². The maximum absolute atomic E-state index is 8.75. The highest BCUT2D eigenvalue weighted by Gasteiger charge is 2.63. The van der Waals surface area contributed by atoms with Crippen LogP contribution in [0.3, 0.4) is 0 Å². The summed E-state index contributed by atoms with van der Waals surface area (Å²) in [7, 11) is 1.76. The Kier molecular flexibility index (Phi) is 3.22. The molecule has 1 saturated carbocycles. The van der Waals surface area contributed by atoms with Crippen LogP contribution in [-0.4, -0.2) is 25.8 Å². The van der Waals surface area contributed by atoms with Crippen molar-refractivity contribution in [3.63, 3.8) is 0 Å². The molecule has 4 rings (SSSR count). The van der Waals surface area contributed by atoms with E-state index in [2.05, 4.69) is 40.8 Å². The zero-order chi connectivity index (χ0) is 18.9. The number of nitrogens with zero attached hydrogens (tertiary/aromatic N) is 1. The van der Waals surface area contributed by atoms with E-state index in [0.29, 0.717) is 11.8 Å². The Bertz CT molecular complexity index is 773. The highest BCUT2D eigenvalue weighted by Crippen LogP contribution is 2.63. The average Bonchev–Trinajstić information content (AvgIpc) is 2.92. The molecule has 1 aliphatic heterocycles. The van der Waals surface area contributed by atoms with E-state index in [1.807, 2.05) is 12.1 Å². The number of nitrogens with two attached hydrogens (primary N) is 1. The van der Waals surface area contributed by atoms with Gasteiger partial charge in [0.05, 0.1) is 8.85 Å². The summed E-state index contributed by atoms with van der Waals surface area (Å²) < 4.78 is 29.6. The van der Waals surface area contributed by atoms with Gasteiger partial charge in [-0.15, -0.1) is 0 Å². The van der Waals surface area contributed by atoms with E-state index in [1.54, 1.807) is 7.11 Å². The van der Waals surface area contributed by atoms with Crippen LogP contribution in [-0.2, 0) is 21.4 Å². The first kappa shape index (κ1) is 14.1. The Morgan fingerprint density at radius 2 is 2.08 bits per heavy atom. The first-order valence-electron chi connectivity index (χ1n) is 9.52. The predicted molar refractivity (Wildman–Crippen MR) is 97.9 cm³/mol. The number of benzene rings is 1. The van der Waals surface area contributed by atoms with Crippen molar-refractivity contribution in [2.75, 3.05) is 13.7 Å². The fraction of sp³-hybridized carbons (Fsp3) is 0.632. The molecular formula is C19H25BrN2O2. The van der Waals surface area contributed by atoms with Gasteiger partial charge >= 0.3 is 0 Å². The number of hydrogen-bond acceptors (Lipinski definition) is 4. The number of rotatable bonds is 1. The van der Waals surface area contributed by atoms with Crippen molar-refractivity contribution in [2.24, 2.45) is 28.0 Å². The van der Waals surface area contributed by atoms with Crippen LogP contribution >= 0.6 is 15.9 Å². The van der Waals surface area contributed by atoms with Crippen LogP contribution in [0, 0.1) is 17.3 Å². The van der Waals surface area contributed by atoms with Crippen LogP contribution in [0.2, 0.25) is 0 Å². The van der Waals surface area contributed by atoms with Gasteiger partial charge in [-0.25, -0.2) is 4.99 Å². The second-order valence-electron chi connectivity index (χ2n) is 7.69. The Balaban J connectivity index is 1.94. The molecule has 0 aromatic heterocycles. The molecular weight excluding hydrogens is 368 g/mol. The predicted octanol–water partition coefficient (Wildman–Crippen LogP) is 3.61. The summed E-state index contributed by atoms with van der Waals surface area (Å²) in [6, 6.07) is 6.02. The normalized spacial score (nSPS) is 44.0. The van der Waals surface area contributed by atoms with Gasteiger partial charge in [0.2, 0.25) is 0 Å². The molecule has 1 fully saturated rings. The molecule has 3 unspecified atom stereocenters. The molecule has 5 heteroatoms. The molecule has 130 valence electrons. The van der Waals surface area contributed by atoms with Crippen molar-refractivity contribution in [2.45, 2.75) is 44.8 Å². The molecule has 1 aromatic carbocycles. The minimum Gasteiger partial charge on any atom is -0.462 e. The van der Waals surface area contributed by atoms with E-state index in [1.165, 1.54) is 0 Å². The summed E-state index contributed by atoms with van der Waals surface area (Å²) in [5.74, 6) is 0.595. The minimum absolute atomic E-state index is 0.0589. The SMILES string of the molecule is [2H]C1([2H])OC(N)=NC12c1cc(Br)ccc1CC21C[C@@H](C)C(OC)[C@@H](C)C1. The molecule has 5 atom stereocenters. The first-order valence-corrected chi connectivity index (χ1v) is 9.31. The van der Waals surface area contributed by atoms with Gasteiger partial charge in [0.1, 0.15) is 12.1 Å². The van der Waals surface area contributed by atoms with E-state index in [0.717, 1.165) is 34.9 Å². The maximum Gasteiger partial charge on any atom is 0.283 e. The smallest absolute Gasteiger partial charge is 0.283 e. The van der Waals surface area contributed by atoms with E-state index in [4.69, 9.17) is 17.9 Å². The summed E-state index contributed by atoms with van der Waals surface area (Å²) in [4.78, 5) is 4.69. The number of ether oxygens (including phenoxy) is 2. The summed E-state index contributed by atoms with van der Waals surface area (Å²) in [5, 5.41) is 0. The summed E-state index contributed by atoms with van der Waals surface area (Å²) in [6.07, 6.45) is 2.59. The Labute approximate surface area is 154 Å². The van der Waals surface area contributed by atoms with Crippen molar-refractivity contribution < 1.29 is 12.2 Å². The molecule has 0 amide bonds. The van der Waals surface area contributed by atoms with Crippen molar-refractivity contribution in [3.8, 4) is 0 Å². The maximum atomic E-state index is 8.75. The standard InChI is InChI=1S/C19H25BrN2O2/c1-11-7-18(8-12(2)16(11)23-3)9-13-4-5-14(20)6-15(13)19(18)10-24-17(21)22-19/h4-6,11-12,16H,7-10H2,1-3H3,(H2,21,22)/t11-,12+,16?,18?,19?/i10D2. The third-order valence-electron chi connectivity index (χ3n) is 6.16. The highest BCUT2D eigenvalue weighted by atomic mass is 79.9. The third-order valence-corrected chi connectivity index (χ3v) is 6.65. The Hall–Kier alpha value is -1.07. The van der Waals surface area contributed by atoms with Gasteiger partial charge in [0.15, 0.2) is 0 Å². The lowest BCUT2D eigenvalue weighted by Crippen LogP contribution is -2.51. The van der Waals surface area contributed by atoms with Crippen LogP contribution in [0.5, 0.6) is 0 Å². The minimum atomic E-state index is -1.98. The molecule has 1 aromatic rings. The Morgan fingerprint density at radius 3 is 2.67 bits per heavy atom. The molecule has 2 spiro atoms. The molecule has 2 N–H and O–H groups in total. The number of aliphatic imine (C=N–C) groups is 1. The average molecular weight is 395 g/mol. The lowest BCUT2D eigenvalue weighted by molar-refractivity contribution is -0.0779. The summed E-state index contributed by atoms with van der Waals surface area (Å²) in [6.45, 7) is 2.40. The van der Waals surface area contributed by atoms with Crippen LogP contribution < -0.4 is 5.73 Å². The van der Waals surface area contributed by atoms with Crippen LogP contribution in [0.15, 0.2) is 27.7 Å². The van der Waals surface area contributed by atoms with Crippen molar-refractivity contribution in [1.29, 1.82) is 0 Å². The molecule has 24 heavy (non-hydrogen) atoms. The lowest BCUT2D eigenvalue weighted by Gasteiger charge is -2.50. The zero-order valence-corrected chi connectivity index (χ0v) is 15.9. The molecule has 4 nitrogen and oxygen atoms in total. The topological polar surface area (TPSA) is 56.8 Å². The molecule has 0 radical (unpaired) electrons. The highest BCUT2D eigenvalue weighted by molar-refractivity contribution is 9.10. The number of amidine groups is 1. The van der Waals surface area contributed by atoms with Gasteiger partial charge in [-0.3, -0.25) is 0 Å². The summed E-state index contributed by atoms with van der Waals surface area (Å²) in [5.41, 5.74) is 6.45. The van der Waals surface area contributed by atoms with Crippen LogP contribution in [0.1, 0.15) is 40.6 Å². The fourth-order valence-corrected chi connectivity index (χ4v) is 5.87. The van der Waals surface area contributed by atoms with Gasteiger partial charge in [0.25, 0.3) is 6.02 Å². The molecule has 2 aliphatic carbocycles. The molecule has 0 bridgehead atoms. The van der Waals surface area contributed by atoms with Gasteiger partial charge < -0.3 is 15.2 Å². The van der Waals surface area contributed by atoms with E-state index in [9.17, 15) is 0 Å². The van der Waals surface area contributed by atoms with Crippen LogP contribution in [0.4, 0.5) is 0 Å². The van der Waals surface area contributed by atoms with Gasteiger partial charge in [-0.1, -0.05) is 35.8 Å². The van der Waals surface area contributed by atoms with E-state index < -0.39 is 12.1 Å². The Morgan fingerprint density at radius 1 is 1.38 bits per heavy atom. The van der Waals surface area contributed by atoms with Gasteiger partial charge in [-0.2, -0.15) is 0 Å². The largest absolute Gasteiger partial charge is 0.462 e. The molecule has 0 saturated heterocycles. The number of fused-ring (bicyclic) bond motifs is 3.